The number of carbonyl (C=O) groups is 2. The molecule has 0 fully saturated rings. The highest BCUT2D eigenvalue weighted by atomic mass is 35.5. The minimum absolute atomic E-state index is 0.191. The second kappa shape index (κ2) is 16.3. The number of ether oxygens (including phenoxy) is 2. The predicted octanol–water partition coefficient (Wildman–Crippen LogP) is 8.73. The highest BCUT2D eigenvalue weighted by molar-refractivity contribution is 6.30. The lowest BCUT2D eigenvalue weighted by atomic mass is 10.1. The summed E-state index contributed by atoms with van der Waals surface area (Å²) < 4.78 is 10.9. The van der Waals surface area contributed by atoms with E-state index in [2.05, 4.69) is 6.92 Å². The zero-order valence-electron chi connectivity index (χ0n) is 20.7. The maximum atomic E-state index is 12.7. The molecule has 0 aliphatic carbocycles. The number of carbonyl (C=O) groups excluding carboxylic acids is 2. The summed E-state index contributed by atoms with van der Waals surface area (Å²) in [5, 5.41) is 0.569. The number of hydrogen-bond donors (Lipinski definition) is 0. The number of esters is 2. The number of halogens is 1. The molecule has 0 spiro atoms. The van der Waals surface area contributed by atoms with Crippen LogP contribution in [-0.2, 0) is 4.74 Å². The van der Waals surface area contributed by atoms with Gasteiger partial charge >= 0.3 is 11.9 Å². The molecule has 5 heteroatoms. The quantitative estimate of drug-likeness (QED) is 0.135. The Balaban J connectivity index is 1.67. The maximum absolute atomic E-state index is 12.7. The third kappa shape index (κ3) is 10.3. The number of rotatable bonds is 16. The first-order chi connectivity index (χ1) is 16.5. The van der Waals surface area contributed by atoms with Gasteiger partial charge in [-0.25, -0.2) is 9.59 Å². The van der Waals surface area contributed by atoms with Crippen molar-refractivity contribution in [2.24, 2.45) is 0 Å². The molecule has 34 heavy (non-hydrogen) atoms. The fourth-order valence-electron chi connectivity index (χ4n) is 3.91. The summed E-state index contributed by atoms with van der Waals surface area (Å²) in [5.74, 6) is -0.680. The molecular weight excluding hydrogens is 448 g/mol. The molecule has 0 aliphatic heterocycles. The van der Waals surface area contributed by atoms with Gasteiger partial charge in [0.1, 0.15) is 5.75 Å². The van der Waals surface area contributed by atoms with Gasteiger partial charge in [-0.2, -0.15) is 0 Å². The summed E-state index contributed by atoms with van der Waals surface area (Å²) in [6.45, 7) is 4.42. The zero-order chi connectivity index (χ0) is 24.6. The van der Waals surface area contributed by atoms with E-state index in [9.17, 15) is 9.59 Å². The van der Waals surface area contributed by atoms with E-state index in [-0.39, 0.29) is 11.1 Å². The Morgan fingerprint density at radius 3 is 1.82 bits per heavy atom. The lowest BCUT2D eigenvalue weighted by molar-refractivity contribution is 0.0489. The first kappa shape index (κ1) is 27.9. The molecule has 2 aromatic carbocycles. The average molecular weight is 487 g/mol. The highest BCUT2D eigenvalue weighted by Crippen LogP contribution is 2.23. The third-order valence-electron chi connectivity index (χ3n) is 5.94. The number of aryl methyl sites for hydroxylation is 1. The molecule has 0 atom stereocenters. The van der Waals surface area contributed by atoms with E-state index >= 15 is 0 Å². The van der Waals surface area contributed by atoms with Crippen LogP contribution in [-0.4, -0.2) is 18.5 Å². The van der Waals surface area contributed by atoms with Crippen molar-refractivity contribution in [3.63, 3.8) is 0 Å². The molecule has 0 aliphatic rings. The number of benzene rings is 2. The maximum Gasteiger partial charge on any atom is 0.344 e. The largest absolute Gasteiger partial charge is 0.462 e. The van der Waals surface area contributed by atoms with Crippen LogP contribution < -0.4 is 4.74 Å². The van der Waals surface area contributed by atoms with Gasteiger partial charge in [-0.3, -0.25) is 0 Å². The van der Waals surface area contributed by atoms with E-state index in [0.29, 0.717) is 17.4 Å². The Labute approximate surface area is 210 Å². The Morgan fingerprint density at radius 1 is 0.735 bits per heavy atom. The van der Waals surface area contributed by atoms with Crippen molar-refractivity contribution >= 4 is 23.5 Å². The van der Waals surface area contributed by atoms with Crippen LogP contribution in [0.5, 0.6) is 5.75 Å². The molecule has 4 nitrogen and oxygen atoms in total. The second-order valence-corrected chi connectivity index (χ2v) is 9.31. The lowest BCUT2D eigenvalue weighted by Crippen LogP contribution is -2.16. The van der Waals surface area contributed by atoms with E-state index < -0.39 is 11.9 Å². The molecule has 0 unspecified atom stereocenters. The highest BCUT2D eigenvalue weighted by Gasteiger charge is 2.20. The van der Waals surface area contributed by atoms with Crippen LogP contribution >= 0.6 is 11.6 Å². The van der Waals surface area contributed by atoms with Crippen LogP contribution in [0.3, 0.4) is 0 Å². The summed E-state index contributed by atoms with van der Waals surface area (Å²) in [4.78, 5) is 25.3. The zero-order valence-corrected chi connectivity index (χ0v) is 21.5. The molecule has 0 saturated carbocycles. The van der Waals surface area contributed by atoms with Crippen molar-refractivity contribution in [2.45, 2.75) is 90.9 Å². The van der Waals surface area contributed by atoms with Gasteiger partial charge in [-0.1, -0.05) is 101 Å². The first-order valence-electron chi connectivity index (χ1n) is 12.8. The molecule has 2 aromatic rings. The van der Waals surface area contributed by atoms with E-state index in [4.69, 9.17) is 21.1 Å². The van der Waals surface area contributed by atoms with Gasteiger partial charge in [-0.05, 0) is 49.2 Å². The van der Waals surface area contributed by atoms with E-state index in [0.717, 1.165) is 24.8 Å². The van der Waals surface area contributed by atoms with Crippen molar-refractivity contribution < 1.29 is 19.1 Å². The SMILES string of the molecule is CCCCCCCCCCCCCCOC(=O)c1ccccc1C(=O)Oc1ccc(Cl)cc1C. The standard InChI is InChI=1S/C29H39ClO4/c1-3-4-5-6-7-8-9-10-11-12-13-16-21-33-28(31)25-17-14-15-18-26(25)29(32)34-27-20-19-24(30)22-23(27)2/h14-15,17-20,22H,3-13,16,21H2,1-2H3. The van der Waals surface area contributed by atoms with Crippen LogP contribution in [0.25, 0.3) is 0 Å². The minimum atomic E-state index is -0.594. The molecule has 0 N–H and O–H groups in total. The Hall–Kier alpha value is -2.33. The van der Waals surface area contributed by atoms with Gasteiger partial charge in [0.2, 0.25) is 0 Å². The van der Waals surface area contributed by atoms with Gasteiger partial charge < -0.3 is 9.47 Å². The van der Waals surface area contributed by atoms with E-state index in [1.807, 2.05) is 6.92 Å². The van der Waals surface area contributed by atoms with Crippen molar-refractivity contribution in [2.75, 3.05) is 6.61 Å². The van der Waals surface area contributed by atoms with Crippen molar-refractivity contribution in [3.8, 4) is 5.75 Å². The first-order valence-corrected chi connectivity index (χ1v) is 13.1. The summed E-state index contributed by atoms with van der Waals surface area (Å²) in [5.41, 5.74) is 1.16. The molecular formula is C29H39ClO4. The van der Waals surface area contributed by atoms with Crippen LogP contribution in [0.1, 0.15) is 110 Å². The predicted molar refractivity (Wildman–Crippen MR) is 139 cm³/mol. The normalized spacial score (nSPS) is 10.8. The van der Waals surface area contributed by atoms with Crippen molar-refractivity contribution in [3.05, 3.63) is 64.2 Å². The summed E-state index contributed by atoms with van der Waals surface area (Å²) in [7, 11) is 0. The molecule has 0 heterocycles. The number of hydrogen-bond acceptors (Lipinski definition) is 4. The van der Waals surface area contributed by atoms with Crippen LogP contribution in [0, 0.1) is 6.92 Å². The monoisotopic (exact) mass is 486 g/mol. The molecule has 0 saturated heterocycles. The summed E-state index contributed by atoms with van der Waals surface area (Å²) >= 11 is 5.96. The Kier molecular flexibility index (Phi) is 13.4. The Bertz CT molecular complexity index is 893. The lowest BCUT2D eigenvalue weighted by Gasteiger charge is -2.11. The van der Waals surface area contributed by atoms with Crippen LogP contribution in [0.4, 0.5) is 0 Å². The summed E-state index contributed by atoms with van der Waals surface area (Å²) in [6, 6.07) is 11.6. The van der Waals surface area contributed by atoms with Gasteiger partial charge in [-0.15, -0.1) is 0 Å². The fraction of sp³-hybridized carbons (Fsp3) is 0.517. The number of unbranched alkanes of at least 4 members (excludes halogenated alkanes) is 11. The summed E-state index contributed by atoms with van der Waals surface area (Å²) in [6.07, 6.45) is 15.0. The van der Waals surface area contributed by atoms with Crippen molar-refractivity contribution in [1.82, 2.24) is 0 Å². The smallest absolute Gasteiger partial charge is 0.344 e. The molecule has 0 amide bonds. The second-order valence-electron chi connectivity index (χ2n) is 8.87. The average Bonchev–Trinajstić information content (AvgIpc) is 2.83. The van der Waals surface area contributed by atoms with Gasteiger partial charge in [0.15, 0.2) is 0 Å². The van der Waals surface area contributed by atoms with E-state index in [1.165, 1.54) is 57.8 Å². The van der Waals surface area contributed by atoms with E-state index in [1.54, 1.807) is 42.5 Å². The molecule has 0 bridgehead atoms. The molecule has 0 radical (unpaired) electrons. The van der Waals surface area contributed by atoms with Crippen LogP contribution in [0.2, 0.25) is 5.02 Å². The van der Waals surface area contributed by atoms with Gasteiger partial charge in [0, 0.05) is 5.02 Å². The Morgan fingerprint density at radius 2 is 1.26 bits per heavy atom. The van der Waals surface area contributed by atoms with Crippen LogP contribution in [0.15, 0.2) is 42.5 Å². The van der Waals surface area contributed by atoms with Crippen molar-refractivity contribution in [1.29, 1.82) is 0 Å². The minimum Gasteiger partial charge on any atom is -0.462 e. The third-order valence-corrected chi connectivity index (χ3v) is 6.17. The topological polar surface area (TPSA) is 52.6 Å². The molecule has 186 valence electrons. The van der Waals surface area contributed by atoms with Gasteiger partial charge in [0.25, 0.3) is 0 Å². The van der Waals surface area contributed by atoms with Gasteiger partial charge in [0.05, 0.1) is 17.7 Å². The molecule has 0 aromatic heterocycles. The fourth-order valence-corrected chi connectivity index (χ4v) is 4.13. The molecule has 2 rings (SSSR count).